The Hall–Kier alpha value is -1.39. The predicted octanol–water partition coefficient (Wildman–Crippen LogP) is 1.67. The third kappa shape index (κ3) is 3.55. The van der Waals surface area contributed by atoms with Crippen molar-refractivity contribution < 1.29 is 0 Å². The molecule has 4 heteroatoms. The van der Waals surface area contributed by atoms with E-state index in [-0.39, 0.29) is 0 Å². The van der Waals surface area contributed by atoms with Gasteiger partial charge in [-0.25, -0.2) is 4.52 Å². The molecule has 0 aliphatic carbocycles. The van der Waals surface area contributed by atoms with Crippen molar-refractivity contribution in [2.45, 2.75) is 20.4 Å². The summed E-state index contributed by atoms with van der Waals surface area (Å²) in [6.45, 7) is 8.39. The van der Waals surface area contributed by atoms with E-state index in [1.807, 2.05) is 29.0 Å². The smallest absolute Gasteiger partial charge is 0.0706 e. The molecule has 2 N–H and O–H groups in total. The molecule has 0 unspecified atom stereocenters. The molecule has 0 aromatic carbocycles. The second kappa shape index (κ2) is 6.52. The molecular weight excluding hydrogens is 224 g/mol. The van der Waals surface area contributed by atoms with Gasteiger partial charge >= 0.3 is 0 Å². The Morgan fingerprint density at radius 3 is 2.89 bits per heavy atom. The van der Waals surface area contributed by atoms with Gasteiger partial charge in [-0.2, -0.15) is 5.10 Å². The summed E-state index contributed by atoms with van der Waals surface area (Å²) in [5.74, 6) is 0.713. The van der Waals surface area contributed by atoms with Crippen molar-refractivity contribution in [3.8, 4) is 0 Å². The lowest BCUT2D eigenvalue weighted by Crippen LogP contribution is -2.29. The summed E-state index contributed by atoms with van der Waals surface area (Å²) < 4.78 is 1.91. The van der Waals surface area contributed by atoms with Crippen molar-refractivity contribution in [1.82, 2.24) is 20.2 Å². The Bertz CT molecular complexity index is 475. The maximum Gasteiger partial charge on any atom is 0.0706 e. The van der Waals surface area contributed by atoms with Gasteiger partial charge in [-0.15, -0.1) is 0 Å². The lowest BCUT2D eigenvalue weighted by Gasteiger charge is -2.08. The highest BCUT2D eigenvalue weighted by atomic mass is 15.2. The SMILES string of the molecule is CC(C)CNCCNCc1cnn2ccccc12. The van der Waals surface area contributed by atoms with Crippen LogP contribution in [0.4, 0.5) is 0 Å². The number of hydrogen-bond acceptors (Lipinski definition) is 3. The predicted molar refractivity (Wildman–Crippen MR) is 74.6 cm³/mol. The first kappa shape index (κ1) is 13.1. The standard InChI is InChI=1S/C14H22N4/c1-12(2)9-15-6-7-16-10-13-11-17-18-8-4-3-5-14(13)18/h3-5,8,11-12,15-16H,6-7,9-10H2,1-2H3. The Balaban J connectivity index is 1.74. The molecule has 98 valence electrons. The van der Waals surface area contributed by atoms with Crippen molar-refractivity contribution in [3.05, 3.63) is 36.2 Å². The molecule has 0 aliphatic rings. The summed E-state index contributed by atoms with van der Waals surface area (Å²) in [6.07, 6.45) is 3.91. The summed E-state index contributed by atoms with van der Waals surface area (Å²) in [5, 5.41) is 11.2. The first-order valence-electron chi connectivity index (χ1n) is 6.60. The summed E-state index contributed by atoms with van der Waals surface area (Å²) in [5.41, 5.74) is 2.43. The summed E-state index contributed by atoms with van der Waals surface area (Å²) in [6, 6.07) is 6.14. The minimum absolute atomic E-state index is 0.713. The van der Waals surface area contributed by atoms with Crippen LogP contribution in [0.3, 0.4) is 0 Å². The van der Waals surface area contributed by atoms with E-state index in [0.717, 1.165) is 26.2 Å². The van der Waals surface area contributed by atoms with Crippen LogP contribution in [0.2, 0.25) is 0 Å². The highest BCUT2D eigenvalue weighted by Gasteiger charge is 2.01. The molecule has 0 radical (unpaired) electrons. The zero-order valence-corrected chi connectivity index (χ0v) is 11.2. The number of fused-ring (bicyclic) bond motifs is 1. The van der Waals surface area contributed by atoms with Gasteiger partial charge in [0.15, 0.2) is 0 Å². The Morgan fingerprint density at radius 2 is 2.06 bits per heavy atom. The van der Waals surface area contributed by atoms with Crippen LogP contribution < -0.4 is 10.6 Å². The van der Waals surface area contributed by atoms with E-state index in [2.05, 4.69) is 35.6 Å². The minimum Gasteiger partial charge on any atom is -0.315 e. The molecule has 4 nitrogen and oxygen atoms in total. The molecular formula is C14H22N4. The molecule has 0 bridgehead atoms. The molecule has 0 fully saturated rings. The first-order chi connectivity index (χ1) is 8.77. The van der Waals surface area contributed by atoms with Crippen molar-refractivity contribution in [2.75, 3.05) is 19.6 Å². The Kier molecular flexibility index (Phi) is 4.73. The van der Waals surface area contributed by atoms with Crippen LogP contribution in [-0.4, -0.2) is 29.2 Å². The lowest BCUT2D eigenvalue weighted by molar-refractivity contribution is 0.536. The van der Waals surface area contributed by atoms with E-state index in [1.54, 1.807) is 0 Å². The molecule has 2 aromatic rings. The third-order valence-electron chi connectivity index (χ3n) is 2.85. The number of hydrogen-bond donors (Lipinski definition) is 2. The molecule has 0 atom stereocenters. The van der Waals surface area contributed by atoms with Gasteiger partial charge in [0.2, 0.25) is 0 Å². The monoisotopic (exact) mass is 246 g/mol. The fraction of sp³-hybridized carbons (Fsp3) is 0.500. The van der Waals surface area contributed by atoms with Gasteiger partial charge in [0.05, 0.1) is 11.7 Å². The maximum absolute atomic E-state index is 4.32. The van der Waals surface area contributed by atoms with Gasteiger partial charge in [-0.3, -0.25) is 0 Å². The number of rotatable bonds is 7. The van der Waals surface area contributed by atoms with Crippen LogP contribution in [0.25, 0.3) is 5.52 Å². The van der Waals surface area contributed by atoms with Gasteiger partial charge < -0.3 is 10.6 Å². The summed E-state index contributed by atoms with van der Waals surface area (Å²) in [7, 11) is 0. The van der Waals surface area contributed by atoms with Crippen molar-refractivity contribution in [2.24, 2.45) is 5.92 Å². The van der Waals surface area contributed by atoms with Crippen LogP contribution in [0.15, 0.2) is 30.6 Å². The zero-order chi connectivity index (χ0) is 12.8. The number of nitrogens with zero attached hydrogens (tertiary/aromatic N) is 2. The van der Waals surface area contributed by atoms with E-state index in [1.165, 1.54) is 11.1 Å². The van der Waals surface area contributed by atoms with Gasteiger partial charge in [-0.1, -0.05) is 19.9 Å². The summed E-state index contributed by atoms with van der Waals surface area (Å²) in [4.78, 5) is 0. The van der Waals surface area contributed by atoms with E-state index in [4.69, 9.17) is 0 Å². The minimum atomic E-state index is 0.713. The van der Waals surface area contributed by atoms with E-state index in [0.29, 0.717) is 5.92 Å². The highest BCUT2D eigenvalue weighted by molar-refractivity contribution is 5.53. The normalized spacial score (nSPS) is 11.5. The number of aromatic nitrogens is 2. The van der Waals surface area contributed by atoms with Crippen molar-refractivity contribution in [3.63, 3.8) is 0 Å². The van der Waals surface area contributed by atoms with Crippen molar-refractivity contribution >= 4 is 5.52 Å². The molecule has 0 aliphatic heterocycles. The van der Waals surface area contributed by atoms with Crippen LogP contribution in [0.5, 0.6) is 0 Å². The van der Waals surface area contributed by atoms with Crippen LogP contribution in [0, 0.1) is 5.92 Å². The average molecular weight is 246 g/mol. The van der Waals surface area contributed by atoms with Crippen LogP contribution in [-0.2, 0) is 6.54 Å². The third-order valence-corrected chi connectivity index (χ3v) is 2.85. The molecule has 2 aromatic heterocycles. The maximum atomic E-state index is 4.32. The molecule has 2 heterocycles. The molecule has 0 amide bonds. The van der Waals surface area contributed by atoms with E-state index < -0.39 is 0 Å². The van der Waals surface area contributed by atoms with Gasteiger partial charge in [0.1, 0.15) is 0 Å². The molecule has 0 saturated carbocycles. The van der Waals surface area contributed by atoms with Crippen molar-refractivity contribution in [1.29, 1.82) is 0 Å². The largest absolute Gasteiger partial charge is 0.315 e. The van der Waals surface area contributed by atoms with Crippen LogP contribution >= 0.6 is 0 Å². The lowest BCUT2D eigenvalue weighted by atomic mass is 10.2. The highest BCUT2D eigenvalue weighted by Crippen LogP contribution is 2.08. The molecule has 2 rings (SSSR count). The molecule has 18 heavy (non-hydrogen) atoms. The quantitative estimate of drug-likeness (QED) is 0.730. The fourth-order valence-electron chi connectivity index (χ4n) is 1.91. The average Bonchev–Trinajstić information content (AvgIpc) is 2.77. The van der Waals surface area contributed by atoms with E-state index >= 15 is 0 Å². The zero-order valence-electron chi connectivity index (χ0n) is 11.2. The topological polar surface area (TPSA) is 41.4 Å². The van der Waals surface area contributed by atoms with Gasteiger partial charge in [0.25, 0.3) is 0 Å². The number of nitrogens with one attached hydrogen (secondary N) is 2. The van der Waals surface area contributed by atoms with Gasteiger partial charge in [-0.05, 0) is 24.6 Å². The second-order valence-corrected chi connectivity index (χ2v) is 4.98. The number of pyridine rings is 1. The second-order valence-electron chi connectivity index (χ2n) is 4.98. The van der Waals surface area contributed by atoms with E-state index in [9.17, 15) is 0 Å². The molecule has 0 spiro atoms. The van der Waals surface area contributed by atoms with Gasteiger partial charge in [0, 0.05) is 31.4 Å². The Morgan fingerprint density at radius 1 is 1.22 bits per heavy atom. The van der Waals surface area contributed by atoms with Crippen LogP contribution in [0.1, 0.15) is 19.4 Å². The summed E-state index contributed by atoms with van der Waals surface area (Å²) >= 11 is 0. The Labute approximate surface area is 108 Å². The first-order valence-corrected chi connectivity index (χ1v) is 6.60. The fourth-order valence-corrected chi connectivity index (χ4v) is 1.91. The molecule has 0 saturated heterocycles.